The zero-order valence-corrected chi connectivity index (χ0v) is 18.5. The number of nitrogens with one attached hydrogen (secondary N) is 3. The lowest BCUT2D eigenvalue weighted by atomic mass is 10.1. The number of fused-ring (bicyclic) bond motifs is 1. The van der Waals surface area contributed by atoms with Crippen LogP contribution < -0.4 is 20.9 Å². The molecule has 178 valence electrons. The third-order valence-corrected chi connectivity index (χ3v) is 5.13. The fourth-order valence-corrected chi connectivity index (χ4v) is 3.34. The van der Waals surface area contributed by atoms with Gasteiger partial charge in [-0.2, -0.15) is 0 Å². The Labute approximate surface area is 195 Å². The molecule has 0 aromatic heterocycles. The number of benzene rings is 2. The molecule has 0 fully saturated rings. The van der Waals surface area contributed by atoms with Crippen molar-refractivity contribution in [1.29, 1.82) is 0 Å². The van der Waals surface area contributed by atoms with E-state index in [4.69, 9.17) is 5.11 Å². The Bertz CT molecular complexity index is 1100. The van der Waals surface area contributed by atoms with Crippen LogP contribution in [0.2, 0.25) is 0 Å². The van der Waals surface area contributed by atoms with Crippen molar-refractivity contribution in [3.63, 3.8) is 0 Å². The van der Waals surface area contributed by atoms with Gasteiger partial charge in [0.05, 0.1) is 17.7 Å². The number of amides is 5. The van der Waals surface area contributed by atoms with Gasteiger partial charge in [0.15, 0.2) is 0 Å². The molecule has 5 amide bonds. The molecule has 1 aliphatic heterocycles. The van der Waals surface area contributed by atoms with Crippen LogP contribution in [0.4, 0.5) is 16.2 Å². The summed E-state index contributed by atoms with van der Waals surface area (Å²) in [5.74, 6) is -2.60. The van der Waals surface area contributed by atoms with E-state index in [1.807, 2.05) is 30.3 Å². The second kappa shape index (κ2) is 10.9. The van der Waals surface area contributed by atoms with Crippen molar-refractivity contribution in [3.8, 4) is 0 Å². The molecule has 11 heteroatoms. The first-order valence-electron chi connectivity index (χ1n) is 10.5. The number of anilines is 2. The van der Waals surface area contributed by atoms with Crippen LogP contribution in [0.15, 0.2) is 48.5 Å². The molecule has 1 heterocycles. The molecule has 0 spiro atoms. The first kappa shape index (κ1) is 24.2. The van der Waals surface area contributed by atoms with Gasteiger partial charge in [0.1, 0.15) is 13.1 Å². The maximum absolute atomic E-state index is 13.1. The van der Waals surface area contributed by atoms with Gasteiger partial charge in [-0.15, -0.1) is 0 Å². The number of rotatable bonds is 8. The van der Waals surface area contributed by atoms with E-state index >= 15 is 0 Å². The van der Waals surface area contributed by atoms with Crippen LogP contribution in [0, 0.1) is 0 Å². The standard InChI is InChI=1S/C23H25N5O6/c1-27-18-8-7-16(26-23(34)25-12-15-5-3-2-4-6-15)11-17(18)22(33)28(14-20(27)30)13-19(29)24-10-9-21(31)32/h2-8,11H,9-10,12-14H2,1H3,(H,24,29)(H,31,32)(H2,25,26,34). The monoisotopic (exact) mass is 467 g/mol. The molecule has 0 atom stereocenters. The van der Waals surface area contributed by atoms with Gasteiger partial charge in [-0.25, -0.2) is 4.79 Å². The number of carbonyl (C=O) groups is 5. The van der Waals surface area contributed by atoms with Gasteiger partial charge in [-0.1, -0.05) is 30.3 Å². The predicted octanol–water partition coefficient (Wildman–Crippen LogP) is 1.02. The van der Waals surface area contributed by atoms with Gasteiger partial charge in [0, 0.05) is 25.8 Å². The number of nitrogens with zero attached hydrogens (tertiary/aromatic N) is 2. The number of carboxylic acid groups (broad SMARTS) is 1. The van der Waals surface area contributed by atoms with E-state index in [-0.39, 0.29) is 25.1 Å². The summed E-state index contributed by atoms with van der Waals surface area (Å²) in [6, 6.07) is 13.5. The van der Waals surface area contributed by atoms with Crippen LogP contribution in [-0.2, 0) is 20.9 Å². The van der Waals surface area contributed by atoms with E-state index in [1.165, 1.54) is 18.0 Å². The van der Waals surface area contributed by atoms with E-state index in [9.17, 15) is 24.0 Å². The summed E-state index contributed by atoms with van der Waals surface area (Å²) < 4.78 is 0. The van der Waals surface area contributed by atoms with Gasteiger partial charge in [-0.05, 0) is 23.8 Å². The molecule has 4 N–H and O–H groups in total. The molecule has 0 saturated carbocycles. The van der Waals surface area contributed by atoms with Gasteiger partial charge >= 0.3 is 12.0 Å². The topological polar surface area (TPSA) is 148 Å². The zero-order chi connectivity index (χ0) is 24.7. The molecule has 11 nitrogen and oxygen atoms in total. The Kier molecular flexibility index (Phi) is 7.80. The smallest absolute Gasteiger partial charge is 0.319 e. The number of urea groups is 1. The quantitative estimate of drug-likeness (QED) is 0.456. The van der Waals surface area contributed by atoms with Gasteiger partial charge < -0.3 is 30.9 Å². The molecular formula is C23H25N5O6. The van der Waals surface area contributed by atoms with Crippen LogP contribution in [0.25, 0.3) is 0 Å². The Balaban J connectivity index is 1.71. The third-order valence-electron chi connectivity index (χ3n) is 5.13. The maximum atomic E-state index is 13.1. The molecule has 2 aromatic rings. The molecule has 0 radical (unpaired) electrons. The Morgan fingerprint density at radius 2 is 1.76 bits per heavy atom. The Morgan fingerprint density at radius 1 is 1.03 bits per heavy atom. The molecule has 34 heavy (non-hydrogen) atoms. The lowest BCUT2D eigenvalue weighted by Crippen LogP contribution is -2.44. The van der Waals surface area contributed by atoms with Gasteiger partial charge in [-0.3, -0.25) is 19.2 Å². The van der Waals surface area contributed by atoms with E-state index < -0.39 is 36.3 Å². The number of carboxylic acids is 1. The number of hydrogen-bond donors (Lipinski definition) is 4. The molecule has 2 aromatic carbocycles. The van der Waals surface area contributed by atoms with Gasteiger partial charge in [0.25, 0.3) is 5.91 Å². The van der Waals surface area contributed by atoms with Crippen molar-refractivity contribution < 1.29 is 29.1 Å². The Morgan fingerprint density at radius 3 is 2.47 bits per heavy atom. The normalized spacial score (nSPS) is 13.1. The molecule has 0 bridgehead atoms. The molecule has 0 aliphatic carbocycles. The minimum atomic E-state index is -1.07. The fourth-order valence-electron chi connectivity index (χ4n) is 3.34. The summed E-state index contributed by atoms with van der Waals surface area (Å²) in [7, 11) is 1.52. The summed E-state index contributed by atoms with van der Waals surface area (Å²) in [5, 5.41) is 16.5. The Hall–Kier alpha value is -4.41. The highest BCUT2D eigenvalue weighted by Gasteiger charge is 2.31. The van der Waals surface area contributed by atoms with Crippen LogP contribution in [0.1, 0.15) is 22.3 Å². The predicted molar refractivity (Wildman–Crippen MR) is 123 cm³/mol. The fraction of sp³-hybridized carbons (Fsp3) is 0.261. The van der Waals surface area contributed by atoms with Crippen molar-refractivity contribution in [1.82, 2.24) is 15.5 Å². The highest BCUT2D eigenvalue weighted by molar-refractivity contribution is 6.11. The molecular weight excluding hydrogens is 442 g/mol. The summed E-state index contributed by atoms with van der Waals surface area (Å²) in [5.41, 5.74) is 1.75. The van der Waals surface area contributed by atoms with E-state index in [0.29, 0.717) is 17.9 Å². The first-order chi connectivity index (χ1) is 16.2. The average molecular weight is 467 g/mol. The van der Waals surface area contributed by atoms with Crippen LogP contribution >= 0.6 is 0 Å². The zero-order valence-electron chi connectivity index (χ0n) is 18.5. The number of aliphatic carboxylic acids is 1. The van der Waals surface area contributed by atoms with Crippen LogP contribution in [-0.4, -0.2) is 66.4 Å². The van der Waals surface area contributed by atoms with E-state index in [0.717, 1.165) is 10.5 Å². The number of likely N-dealkylation sites (N-methyl/N-ethyl adjacent to an activating group) is 1. The van der Waals surface area contributed by atoms with E-state index in [1.54, 1.807) is 12.1 Å². The number of hydrogen-bond acceptors (Lipinski definition) is 5. The lowest BCUT2D eigenvalue weighted by Gasteiger charge is -2.19. The largest absolute Gasteiger partial charge is 0.481 e. The summed E-state index contributed by atoms with van der Waals surface area (Å²) in [6.07, 6.45) is -0.258. The summed E-state index contributed by atoms with van der Waals surface area (Å²) in [4.78, 5) is 63.2. The molecule has 0 saturated heterocycles. The first-order valence-corrected chi connectivity index (χ1v) is 10.5. The molecule has 3 rings (SSSR count). The second-order valence-corrected chi connectivity index (χ2v) is 7.63. The summed E-state index contributed by atoms with van der Waals surface area (Å²) in [6.45, 7) is -0.505. The van der Waals surface area contributed by atoms with Crippen LogP contribution in [0.3, 0.4) is 0 Å². The number of carbonyl (C=O) groups excluding carboxylic acids is 4. The molecule has 1 aliphatic rings. The average Bonchev–Trinajstić information content (AvgIpc) is 2.89. The molecule has 0 unspecified atom stereocenters. The highest BCUT2D eigenvalue weighted by atomic mass is 16.4. The van der Waals surface area contributed by atoms with Crippen molar-refractivity contribution in [2.75, 3.05) is 36.9 Å². The second-order valence-electron chi connectivity index (χ2n) is 7.63. The maximum Gasteiger partial charge on any atom is 0.319 e. The third kappa shape index (κ3) is 6.31. The van der Waals surface area contributed by atoms with Crippen molar-refractivity contribution >= 4 is 41.1 Å². The van der Waals surface area contributed by atoms with E-state index in [2.05, 4.69) is 16.0 Å². The van der Waals surface area contributed by atoms with Crippen molar-refractivity contribution in [3.05, 3.63) is 59.7 Å². The highest BCUT2D eigenvalue weighted by Crippen LogP contribution is 2.27. The summed E-state index contributed by atoms with van der Waals surface area (Å²) >= 11 is 0. The van der Waals surface area contributed by atoms with Crippen molar-refractivity contribution in [2.45, 2.75) is 13.0 Å². The van der Waals surface area contributed by atoms with Gasteiger partial charge in [0.2, 0.25) is 11.8 Å². The minimum Gasteiger partial charge on any atom is -0.481 e. The van der Waals surface area contributed by atoms with Crippen LogP contribution in [0.5, 0.6) is 0 Å². The minimum absolute atomic E-state index is 0.0905. The van der Waals surface area contributed by atoms with Crippen molar-refractivity contribution in [2.24, 2.45) is 0 Å². The SMILES string of the molecule is CN1C(=O)CN(CC(=O)NCCC(=O)O)C(=O)c2cc(NC(=O)NCc3ccccc3)ccc21. The lowest BCUT2D eigenvalue weighted by molar-refractivity contribution is -0.137.